The summed E-state index contributed by atoms with van der Waals surface area (Å²) in [6, 6.07) is 17.5. The van der Waals surface area contributed by atoms with Gasteiger partial charge in [0.2, 0.25) is 0 Å². The molecule has 2 aromatic carbocycles. The Balaban J connectivity index is 1.72. The van der Waals surface area contributed by atoms with Gasteiger partial charge in [0.25, 0.3) is 0 Å². The van der Waals surface area contributed by atoms with Gasteiger partial charge >= 0.3 is 0 Å². The molecule has 1 N–H and O–H groups in total. The first-order valence-electron chi connectivity index (χ1n) is 7.47. The molecule has 1 unspecified atom stereocenters. The van der Waals surface area contributed by atoms with Crippen molar-refractivity contribution in [2.24, 2.45) is 0 Å². The highest BCUT2D eigenvalue weighted by Gasteiger charge is 2.25. The molecule has 0 saturated carbocycles. The van der Waals surface area contributed by atoms with Gasteiger partial charge in [0.05, 0.1) is 0 Å². The summed E-state index contributed by atoms with van der Waals surface area (Å²) in [4.78, 5) is 0. The molecule has 0 bridgehead atoms. The fourth-order valence-corrected chi connectivity index (χ4v) is 3.07. The van der Waals surface area contributed by atoms with E-state index in [0.29, 0.717) is 5.92 Å². The number of anilines is 1. The standard InChI is InChI=1S/C19H23N/c1-19(2,3)17-10-6-7-11-18(17)20-13-15-12-14-8-4-5-9-16(14)15/h4-11,15,20H,12-13H2,1-3H3. The van der Waals surface area contributed by atoms with Crippen molar-refractivity contribution in [1.29, 1.82) is 0 Å². The van der Waals surface area contributed by atoms with Crippen LogP contribution in [0.5, 0.6) is 0 Å². The van der Waals surface area contributed by atoms with Gasteiger partial charge in [-0.05, 0) is 34.6 Å². The molecule has 3 rings (SSSR count). The molecule has 0 heterocycles. The van der Waals surface area contributed by atoms with E-state index < -0.39 is 0 Å². The zero-order chi connectivity index (χ0) is 14.2. The smallest absolute Gasteiger partial charge is 0.0378 e. The second kappa shape index (κ2) is 4.97. The van der Waals surface area contributed by atoms with Crippen LogP contribution in [0.2, 0.25) is 0 Å². The van der Waals surface area contributed by atoms with Crippen LogP contribution >= 0.6 is 0 Å². The van der Waals surface area contributed by atoms with Crippen LogP contribution in [-0.2, 0) is 11.8 Å². The van der Waals surface area contributed by atoms with Crippen molar-refractivity contribution in [2.45, 2.75) is 38.5 Å². The minimum Gasteiger partial charge on any atom is -0.384 e. The van der Waals surface area contributed by atoms with E-state index in [-0.39, 0.29) is 5.41 Å². The molecule has 20 heavy (non-hydrogen) atoms. The van der Waals surface area contributed by atoms with E-state index in [4.69, 9.17) is 0 Å². The van der Waals surface area contributed by atoms with Crippen LogP contribution in [0.15, 0.2) is 48.5 Å². The first-order chi connectivity index (χ1) is 9.55. The molecule has 0 fully saturated rings. The Bertz CT molecular complexity index is 607. The number of rotatable bonds is 3. The van der Waals surface area contributed by atoms with Gasteiger partial charge in [-0.25, -0.2) is 0 Å². The predicted molar refractivity (Wildman–Crippen MR) is 86.5 cm³/mol. The zero-order valence-electron chi connectivity index (χ0n) is 12.6. The largest absolute Gasteiger partial charge is 0.384 e. The molecule has 104 valence electrons. The molecule has 0 radical (unpaired) electrons. The fourth-order valence-electron chi connectivity index (χ4n) is 3.07. The molecule has 1 aliphatic carbocycles. The molecule has 1 aliphatic rings. The Labute approximate surface area is 122 Å². The number of hydrogen-bond acceptors (Lipinski definition) is 1. The third kappa shape index (κ3) is 2.45. The number of benzene rings is 2. The van der Waals surface area contributed by atoms with Crippen LogP contribution in [0, 0.1) is 0 Å². The van der Waals surface area contributed by atoms with E-state index in [9.17, 15) is 0 Å². The summed E-state index contributed by atoms with van der Waals surface area (Å²) in [5.74, 6) is 0.666. The van der Waals surface area contributed by atoms with Crippen molar-refractivity contribution in [3.63, 3.8) is 0 Å². The highest BCUT2D eigenvalue weighted by Crippen LogP contribution is 2.36. The molecular formula is C19H23N. The monoisotopic (exact) mass is 265 g/mol. The van der Waals surface area contributed by atoms with Crippen molar-refractivity contribution >= 4 is 5.69 Å². The number of hydrogen-bond donors (Lipinski definition) is 1. The molecule has 2 aromatic rings. The van der Waals surface area contributed by atoms with Gasteiger partial charge in [0.1, 0.15) is 0 Å². The average molecular weight is 265 g/mol. The minimum atomic E-state index is 0.182. The van der Waals surface area contributed by atoms with Gasteiger partial charge in [0.15, 0.2) is 0 Å². The van der Waals surface area contributed by atoms with E-state index in [1.165, 1.54) is 28.8 Å². The predicted octanol–water partition coefficient (Wildman–Crippen LogP) is 4.74. The summed E-state index contributed by atoms with van der Waals surface area (Å²) in [7, 11) is 0. The lowest BCUT2D eigenvalue weighted by atomic mass is 9.77. The normalized spacial score (nSPS) is 17.2. The van der Waals surface area contributed by atoms with E-state index in [1.807, 2.05) is 0 Å². The number of fused-ring (bicyclic) bond motifs is 1. The molecular weight excluding hydrogens is 242 g/mol. The maximum Gasteiger partial charge on any atom is 0.0378 e. The van der Waals surface area contributed by atoms with Crippen LogP contribution in [-0.4, -0.2) is 6.54 Å². The quantitative estimate of drug-likeness (QED) is 0.845. The van der Waals surface area contributed by atoms with Crippen molar-refractivity contribution in [3.8, 4) is 0 Å². The summed E-state index contributed by atoms with van der Waals surface area (Å²) in [5, 5.41) is 3.66. The molecule has 0 amide bonds. The average Bonchev–Trinajstić information content (AvgIpc) is 2.39. The Morgan fingerprint density at radius 2 is 1.70 bits per heavy atom. The van der Waals surface area contributed by atoms with Crippen LogP contribution in [0.25, 0.3) is 0 Å². The number of para-hydroxylation sites is 1. The summed E-state index contributed by atoms with van der Waals surface area (Å²) in [5.41, 5.74) is 5.90. The van der Waals surface area contributed by atoms with Crippen LogP contribution in [0.1, 0.15) is 43.4 Å². The van der Waals surface area contributed by atoms with Crippen LogP contribution in [0.4, 0.5) is 5.69 Å². The van der Waals surface area contributed by atoms with Crippen molar-refractivity contribution in [3.05, 3.63) is 65.2 Å². The van der Waals surface area contributed by atoms with Gasteiger partial charge in [-0.15, -0.1) is 0 Å². The minimum absolute atomic E-state index is 0.182. The first-order valence-corrected chi connectivity index (χ1v) is 7.47. The summed E-state index contributed by atoms with van der Waals surface area (Å²) in [6.07, 6.45) is 1.21. The first kappa shape index (κ1) is 13.2. The summed E-state index contributed by atoms with van der Waals surface area (Å²) < 4.78 is 0. The maximum absolute atomic E-state index is 3.66. The van der Waals surface area contributed by atoms with Crippen molar-refractivity contribution < 1.29 is 0 Å². The zero-order valence-corrected chi connectivity index (χ0v) is 12.6. The number of nitrogens with one attached hydrogen (secondary N) is 1. The lowest BCUT2D eigenvalue weighted by Gasteiger charge is -2.31. The SMILES string of the molecule is CC(C)(C)c1ccccc1NCC1Cc2ccccc21. The molecule has 0 aromatic heterocycles. The Morgan fingerprint density at radius 3 is 2.45 bits per heavy atom. The summed E-state index contributed by atoms with van der Waals surface area (Å²) in [6.45, 7) is 7.84. The highest BCUT2D eigenvalue weighted by molar-refractivity contribution is 5.55. The van der Waals surface area contributed by atoms with E-state index >= 15 is 0 Å². The van der Waals surface area contributed by atoms with Crippen molar-refractivity contribution in [2.75, 3.05) is 11.9 Å². The van der Waals surface area contributed by atoms with Gasteiger partial charge in [-0.3, -0.25) is 0 Å². The third-order valence-electron chi connectivity index (χ3n) is 4.24. The Morgan fingerprint density at radius 1 is 1.00 bits per heavy atom. The van der Waals surface area contributed by atoms with Crippen LogP contribution in [0.3, 0.4) is 0 Å². The topological polar surface area (TPSA) is 12.0 Å². The molecule has 1 heteroatoms. The van der Waals surface area contributed by atoms with E-state index in [0.717, 1.165) is 6.54 Å². The van der Waals surface area contributed by atoms with Gasteiger partial charge < -0.3 is 5.32 Å². The highest BCUT2D eigenvalue weighted by atomic mass is 14.9. The van der Waals surface area contributed by atoms with E-state index in [2.05, 4.69) is 74.6 Å². The Hall–Kier alpha value is -1.76. The van der Waals surface area contributed by atoms with Crippen LogP contribution < -0.4 is 5.32 Å². The van der Waals surface area contributed by atoms with Gasteiger partial charge in [0, 0.05) is 18.2 Å². The second-order valence-corrected chi connectivity index (χ2v) is 6.78. The lowest BCUT2D eigenvalue weighted by Crippen LogP contribution is -2.25. The van der Waals surface area contributed by atoms with E-state index in [1.54, 1.807) is 0 Å². The fraction of sp³-hybridized carbons (Fsp3) is 0.368. The molecule has 1 atom stereocenters. The molecule has 1 nitrogen and oxygen atoms in total. The molecule has 0 spiro atoms. The summed E-state index contributed by atoms with van der Waals surface area (Å²) >= 11 is 0. The van der Waals surface area contributed by atoms with Crippen molar-refractivity contribution in [1.82, 2.24) is 0 Å². The molecule has 0 saturated heterocycles. The maximum atomic E-state index is 3.66. The van der Waals surface area contributed by atoms with Gasteiger partial charge in [-0.2, -0.15) is 0 Å². The van der Waals surface area contributed by atoms with Gasteiger partial charge in [-0.1, -0.05) is 63.2 Å². The Kier molecular flexibility index (Phi) is 3.29. The molecule has 0 aliphatic heterocycles. The third-order valence-corrected chi connectivity index (χ3v) is 4.24. The lowest BCUT2D eigenvalue weighted by molar-refractivity contribution is 0.588. The second-order valence-electron chi connectivity index (χ2n) is 6.78.